The number of amides is 1. The van der Waals surface area contributed by atoms with Crippen LogP contribution in [0.25, 0.3) is 15.9 Å². The number of hydrogen-bond donors (Lipinski definition) is 1. The van der Waals surface area contributed by atoms with Gasteiger partial charge in [0.1, 0.15) is 4.83 Å². The Labute approximate surface area is 161 Å². The molecule has 140 valence electrons. The standard InChI is InChI=1S/C20H21N3O3S/c1-11-6-4-5-7-16(11)23-19-14(13(3)21-23)8-17(27-19)18(24)22-9-12(2)15(10-22)20(25)26/h4-8,12,15H,9-10H2,1-3H3,(H,25,26)/t12-,15-/m1/s1. The number of nitrogens with zero attached hydrogens (tertiary/aromatic N) is 3. The van der Waals surface area contributed by atoms with Gasteiger partial charge in [0.15, 0.2) is 0 Å². The van der Waals surface area contributed by atoms with Gasteiger partial charge in [-0.3, -0.25) is 9.59 Å². The van der Waals surface area contributed by atoms with Crippen molar-refractivity contribution in [3.63, 3.8) is 0 Å². The highest BCUT2D eigenvalue weighted by Crippen LogP contribution is 2.33. The molecule has 1 aromatic carbocycles. The van der Waals surface area contributed by atoms with Gasteiger partial charge in [-0.05, 0) is 37.5 Å². The average Bonchev–Trinajstić information content (AvgIpc) is 3.30. The van der Waals surface area contributed by atoms with Gasteiger partial charge in [0, 0.05) is 18.5 Å². The van der Waals surface area contributed by atoms with E-state index in [4.69, 9.17) is 0 Å². The number of rotatable bonds is 3. The maximum absolute atomic E-state index is 13.0. The molecule has 0 spiro atoms. The molecule has 0 unspecified atom stereocenters. The van der Waals surface area contributed by atoms with E-state index in [1.54, 1.807) is 4.90 Å². The normalized spacial score (nSPS) is 19.7. The molecular formula is C20H21N3O3S. The van der Waals surface area contributed by atoms with Crippen molar-refractivity contribution >= 4 is 33.4 Å². The van der Waals surface area contributed by atoms with Crippen LogP contribution in [0.15, 0.2) is 30.3 Å². The third-order valence-electron chi connectivity index (χ3n) is 5.32. The van der Waals surface area contributed by atoms with Gasteiger partial charge in [0.2, 0.25) is 0 Å². The molecule has 1 amide bonds. The minimum absolute atomic E-state index is 0.0370. The summed E-state index contributed by atoms with van der Waals surface area (Å²) < 4.78 is 1.90. The van der Waals surface area contributed by atoms with E-state index in [9.17, 15) is 14.7 Å². The number of carboxylic acid groups (broad SMARTS) is 1. The average molecular weight is 383 g/mol. The number of carbonyl (C=O) groups is 2. The zero-order valence-electron chi connectivity index (χ0n) is 15.5. The quantitative estimate of drug-likeness (QED) is 0.751. The van der Waals surface area contributed by atoms with Crippen molar-refractivity contribution < 1.29 is 14.7 Å². The summed E-state index contributed by atoms with van der Waals surface area (Å²) in [6.07, 6.45) is 0. The smallest absolute Gasteiger partial charge is 0.308 e. The van der Waals surface area contributed by atoms with Gasteiger partial charge in [-0.15, -0.1) is 11.3 Å². The van der Waals surface area contributed by atoms with E-state index in [1.807, 2.05) is 55.8 Å². The summed E-state index contributed by atoms with van der Waals surface area (Å²) >= 11 is 1.42. The lowest BCUT2D eigenvalue weighted by molar-refractivity contribution is -0.142. The number of para-hydroxylation sites is 1. The van der Waals surface area contributed by atoms with Crippen molar-refractivity contribution in [2.45, 2.75) is 20.8 Å². The lowest BCUT2D eigenvalue weighted by Gasteiger charge is -2.14. The Morgan fingerprint density at radius 1 is 1.22 bits per heavy atom. The summed E-state index contributed by atoms with van der Waals surface area (Å²) in [6, 6.07) is 9.90. The summed E-state index contributed by atoms with van der Waals surface area (Å²) in [7, 11) is 0. The number of carbonyl (C=O) groups excluding carboxylic acids is 1. The zero-order chi connectivity index (χ0) is 19.3. The van der Waals surface area contributed by atoms with Crippen molar-refractivity contribution in [1.29, 1.82) is 0 Å². The van der Waals surface area contributed by atoms with Crippen LogP contribution in [0, 0.1) is 25.7 Å². The molecule has 2 aromatic heterocycles. The second kappa shape index (κ2) is 6.49. The molecule has 0 bridgehead atoms. The van der Waals surface area contributed by atoms with Gasteiger partial charge < -0.3 is 10.0 Å². The first kappa shape index (κ1) is 17.7. The topological polar surface area (TPSA) is 75.4 Å². The first-order valence-corrected chi connectivity index (χ1v) is 9.75. The molecule has 3 heterocycles. The maximum Gasteiger partial charge on any atom is 0.308 e. The highest BCUT2D eigenvalue weighted by Gasteiger charge is 2.37. The highest BCUT2D eigenvalue weighted by atomic mass is 32.1. The lowest BCUT2D eigenvalue weighted by atomic mass is 9.99. The van der Waals surface area contributed by atoms with Gasteiger partial charge in [0.05, 0.1) is 22.2 Å². The van der Waals surface area contributed by atoms with Crippen LogP contribution in [0.2, 0.25) is 0 Å². The molecule has 3 aromatic rings. The van der Waals surface area contributed by atoms with Crippen LogP contribution in [-0.4, -0.2) is 44.8 Å². The summed E-state index contributed by atoms with van der Waals surface area (Å²) in [5.41, 5.74) is 2.99. The summed E-state index contributed by atoms with van der Waals surface area (Å²) in [5.74, 6) is -1.46. The SMILES string of the molecule is Cc1ccccc1-n1nc(C)c2cc(C(=O)N3C[C@@H](C)[C@H](C(=O)O)C3)sc21. The number of aromatic nitrogens is 2. The van der Waals surface area contributed by atoms with Gasteiger partial charge in [-0.25, -0.2) is 4.68 Å². The Morgan fingerprint density at radius 3 is 2.63 bits per heavy atom. The molecule has 6 nitrogen and oxygen atoms in total. The zero-order valence-corrected chi connectivity index (χ0v) is 16.3. The Kier molecular flexibility index (Phi) is 4.26. The Bertz CT molecular complexity index is 1050. The van der Waals surface area contributed by atoms with E-state index in [0.29, 0.717) is 11.4 Å². The van der Waals surface area contributed by atoms with Crippen molar-refractivity contribution in [3.05, 3.63) is 46.5 Å². The second-order valence-corrected chi connectivity index (χ2v) is 8.28. The highest BCUT2D eigenvalue weighted by molar-refractivity contribution is 7.20. The molecule has 4 rings (SSSR count). The molecule has 0 aliphatic carbocycles. The van der Waals surface area contributed by atoms with Crippen LogP contribution >= 0.6 is 11.3 Å². The number of aliphatic carboxylic acids is 1. The minimum atomic E-state index is -0.833. The molecule has 1 saturated heterocycles. The van der Waals surface area contributed by atoms with E-state index < -0.39 is 11.9 Å². The van der Waals surface area contributed by atoms with Crippen molar-refractivity contribution in [2.75, 3.05) is 13.1 Å². The monoisotopic (exact) mass is 383 g/mol. The number of carboxylic acids is 1. The lowest BCUT2D eigenvalue weighted by Crippen LogP contribution is -2.29. The summed E-state index contributed by atoms with van der Waals surface area (Å²) in [5, 5.41) is 14.9. The molecule has 7 heteroatoms. The van der Waals surface area contributed by atoms with Crippen molar-refractivity contribution in [3.8, 4) is 5.69 Å². The Hall–Kier alpha value is -2.67. The van der Waals surface area contributed by atoms with Crippen LogP contribution in [0.4, 0.5) is 0 Å². The molecule has 0 radical (unpaired) electrons. The van der Waals surface area contributed by atoms with Gasteiger partial charge in [-0.2, -0.15) is 5.10 Å². The molecule has 0 saturated carbocycles. The van der Waals surface area contributed by atoms with E-state index in [0.717, 1.165) is 27.2 Å². The van der Waals surface area contributed by atoms with E-state index >= 15 is 0 Å². The largest absolute Gasteiger partial charge is 0.481 e. The molecule has 1 N–H and O–H groups in total. The van der Waals surface area contributed by atoms with Crippen molar-refractivity contribution in [1.82, 2.24) is 14.7 Å². The van der Waals surface area contributed by atoms with E-state index in [2.05, 4.69) is 5.10 Å². The first-order chi connectivity index (χ1) is 12.9. The maximum atomic E-state index is 13.0. The predicted octanol–water partition coefficient (Wildman–Crippen LogP) is 3.50. The van der Waals surface area contributed by atoms with Crippen molar-refractivity contribution in [2.24, 2.45) is 11.8 Å². The number of thiophene rings is 1. The Morgan fingerprint density at radius 2 is 1.96 bits per heavy atom. The number of aryl methyl sites for hydroxylation is 2. The fourth-order valence-corrected chi connectivity index (χ4v) is 4.87. The molecule has 1 aliphatic rings. The molecular weight excluding hydrogens is 362 g/mol. The summed E-state index contributed by atoms with van der Waals surface area (Å²) in [4.78, 5) is 27.5. The predicted molar refractivity (Wildman–Crippen MR) is 105 cm³/mol. The number of benzene rings is 1. The van der Waals surface area contributed by atoms with Gasteiger partial charge in [-0.1, -0.05) is 25.1 Å². The minimum Gasteiger partial charge on any atom is -0.481 e. The van der Waals surface area contributed by atoms with Crippen LogP contribution < -0.4 is 0 Å². The Balaban J connectivity index is 1.71. The van der Waals surface area contributed by atoms with E-state index in [1.165, 1.54) is 11.3 Å². The second-order valence-electron chi connectivity index (χ2n) is 7.25. The van der Waals surface area contributed by atoms with Gasteiger partial charge >= 0.3 is 5.97 Å². The summed E-state index contributed by atoms with van der Waals surface area (Å²) in [6.45, 7) is 6.61. The third kappa shape index (κ3) is 2.92. The molecule has 1 fully saturated rings. The number of fused-ring (bicyclic) bond motifs is 1. The van der Waals surface area contributed by atoms with Crippen LogP contribution in [0.1, 0.15) is 27.9 Å². The molecule has 1 aliphatic heterocycles. The van der Waals surface area contributed by atoms with Crippen LogP contribution in [0.5, 0.6) is 0 Å². The fraction of sp³-hybridized carbons (Fsp3) is 0.350. The van der Waals surface area contributed by atoms with Gasteiger partial charge in [0.25, 0.3) is 5.91 Å². The van der Waals surface area contributed by atoms with E-state index in [-0.39, 0.29) is 18.4 Å². The number of likely N-dealkylation sites (tertiary alicyclic amines) is 1. The number of hydrogen-bond acceptors (Lipinski definition) is 4. The van der Waals surface area contributed by atoms with Crippen LogP contribution in [-0.2, 0) is 4.79 Å². The van der Waals surface area contributed by atoms with Crippen LogP contribution in [0.3, 0.4) is 0 Å². The molecule has 2 atom stereocenters. The molecule has 27 heavy (non-hydrogen) atoms. The fourth-order valence-electron chi connectivity index (χ4n) is 3.73. The first-order valence-electron chi connectivity index (χ1n) is 8.94. The third-order valence-corrected chi connectivity index (χ3v) is 6.41.